The van der Waals surface area contributed by atoms with E-state index in [0.717, 1.165) is 11.8 Å². The zero-order valence-electron chi connectivity index (χ0n) is 11.1. The molecular weight excluding hydrogens is 294 g/mol. The van der Waals surface area contributed by atoms with Gasteiger partial charge < -0.3 is 5.32 Å². The van der Waals surface area contributed by atoms with E-state index >= 15 is 0 Å². The molecule has 21 heavy (non-hydrogen) atoms. The van der Waals surface area contributed by atoms with Crippen LogP contribution in [0, 0.1) is 10.1 Å². The summed E-state index contributed by atoms with van der Waals surface area (Å²) >= 11 is 5.71. The van der Waals surface area contributed by atoms with Gasteiger partial charge in [-0.1, -0.05) is 41.9 Å². The van der Waals surface area contributed by atoms with E-state index < -0.39 is 10.8 Å². The van der Waals surface area contributed by atoms with E-state index in [1.807, 2.05) is 30.3 Å². The third kappa shape index (κ3) is 3.55. The minimum Gasteiger partial charge on any atom is -0.345 e. The summed E-state index contributed by atoms with van der Waals surface area (Å²) < 4.78 is 0. The van der Waals surface area contributed by atoms with E-state index in [0.29, 0.717) is 0 Å². The Bertz CT molecular complexity index is 676. The number of hydrogen-bond acceptors (Lipinski definition) is 4. The van der Waals surface area contributed by atoms with Crippen molar-refractivity contribution in [2.24, 2.45) is 0 Å². The highest BCUT2D eigenvalue weighted by molar-refractivity contribution is 6.29. The molecule has 1 aromatic carbocycles. The van der Waals surface area contributed by atoms with Crippen LogP contribution in [0.3, 0.4) is 0 Å². The van der Waals surface area contributed by atoms with Crippen molar-refractivity contribution in [3.8, 4) is 0 Å². The van der Waals surface area contributed by atoms with Gasteiger partial charge in [-0.05, 0) is 18.6 Å². The molecular formula is C14H12ClN3O3. The van der Waals surface area contributed by atoms with Gasteiger partial charge in [-0.3, -0.25) is 14.9 Å². The second kappa shape index (κ2) is 6.32. The molecule has 2 aromatic rings. The topological polar surface area (TPSA) is 85.1 Å². The summed E-state index contributed by atoms with van der Waals surface area (Å²) in [6, 6.07) is 10.2. The summed E-state index contributed by atoms with van der Waals surface area (Å²) in [5, 5.41) is 13.7. The van der Waals surface area contributed by atoms with Gasteiger partial charge in [0.25, 0.3) is 11.6 Å². The Morgan fingerprint density at radius 2 is 2.05 bits per heavy atom. The minimum atomic E-state index is -0.661. The number of carbonyl (C=O) groups excluding carboxylic acids is 1. The first-order valence-electron chi connectivity index (χ1n) is 6.15. The molecule has 0 aliphatic carbocycles. The van der Waals surface area contributed by atoms with Crippen molar-refractivity contribution in [2.75, 3.05) is 0 Å². The molecule has 1 N–H and O–H groups in total. The Morgan fingerprint density at radius 3 is 2.67 bits per heavy atom. The summed E-state index contributed by atoms with van der Waals surface area (Å²) in [6.07, 6.45) is 0.977. The average Bonchev–Trinajstić information content (AvgIpc) is 2.47. The predicted molar refractivity (Wildman–Crippen MR) is 78.2 cm³/mol. The lowest BCUT2D eigenvalue weighted by Crippen LogP contribution is -2.27. The molecule has 0 aliphatic rings. The first-order valence-corrected chi connectivity index (χ1v) is 6.52. The summed E-state index contributed by atoms with van der Waals surface area (Å²) in [5.74, 6) is -0.567. The number of nitrogens with one attached hydrogen (secondary N) is 1. The Balaban J connectivity index is 2.25. The SMILES string of the molecule is C[C@H](NC(=O)c1cc(Cl)ncc1[N+](=O)[O-])c1ccccc1. The summed E-state index contributed by atoms with van der Waals surface area (Å²) in [4.78, 5) is 26.1. The number of benzene rings is 1. The maximum absolute atomic E-state index is 12.2. The number of carbonyl (C=O) groups is 1. The fourth-order valence-corrected chi connectivity index (χ4v) is 2.01. The second-order valence-electron chi connectivity index (χ2n) is 4.39. The van der Waals surface area contributed by atoms with Crippen molar-refractivity contribution in [3.05, 3.63) is 69.0 Å². The molecule has 1 aromatic heterocycles. The Kier molecular flexibility index (Phi) is 4.49. The monoisotopic (exact) mass is 305 g/mol. The average molecular weight is 306 g/mol. The molecule has 1 heterocycles. The van der Waals surface area contributed by atoms with Gasteiger partial charge in [0.05, 0.1) is 11.0 Å². The van der Waals surface area contributed by atoms with Gasteiger partial charge in [-0.15, -0.1) is 0 Å². The molecule has 108 valence electrons. The number of aromatic nitrogens is 1. The maximum atomic E-state index is 12.2. The van der Waals surface area contributed by atoms with E-state index in [9.17, 15) is 14.9 Å². The highest BCUT2D eigenvalue weighted by atomic mass is 35.5. The van der Waals surface area contributed by atoms with E-state index in [-0.39, 0.29) is 22.4 Å². The van der Waals surface area contributed by atoms with Crippen molar-refractivity contribution in [1.29, 1.82) is 0 Å². The third-order valence-electron chi connectivity index (χ3n) is 2.94. The predicted octanol–water partition coefficient (Wildman–Crippen LogP) is 3.13. The zero-order chi connectivity index (χ0) is 15.4. The first kappa shape index (κ1) is 14.9. The molecule has 0 aliphatic heterocycles. The fourth-order valence-electron chi connectivity index (χ4n) is 1.85. The first-order chi connectivity index (χ1) is 9.99. The lowest BCUT2D eigenvalue weighted by atomic mass is 10.1. The molecule has 0 saturated carbocycles. The molecule has 7 heteroatoms. The fraction of sp³-hybridized carbons (Fsp3) is 0.143. The third-order valence-corrected chi connectivity index (χ3v) is 3.14. The van der Waals surface area contributed by atoms with Crippen LogP contribution in [0.4, 0.5) is 5.69 Å². The van der Waals surface area contributed by atoms with Crippen molar-refractivity contribution in [3.63, 3.8) is 0 Å². The summed E-state index contributed by atoms with van der Waals surface area (Å²) in [5.41, 5.74) is 0.411. The van der Waals surface area contributed by atoms with Gasteiger partial charge in [0.1, 0.15) is 16.9 Å². The van der Waals surface area contributed by atoms with Crippen molar-refractivity contribution < 1.29 is 9.72 Å². The summed E-state index contributed by atoms with van der Waals surface area (Å²) in [6.45, 7) is 1.79. The smallest absolute Gasteiger partial charge is 0.300 e. The molecule has 0 bridgehead atoms. The Hall–Kier alpha value is -2.47. The van der Waals surface area contributed by atoms with Crippen LogP contribution >= 0.6 is 11.6 Å². The molecule has 1 atom stereocenters. The van der Waals surface area contributed by atoms with Crippen molar-refractivity contribution >= 4 is 23.2 Å². The van der Waals surface area contributed by atoms with Crippen LogP contribution in [0.5, 0.6) is 0 Å². The number of amides is 1. The van der Waals surface area contributed by atoms with Crippen LogP contribution in [-0.2, 0) is 0 Å². The van der Waals surface area contributed by atoms with Gasteiger partial charge in [-0.2, -0.15) is 0 Å². The van der Waals surface area contributed by atoms with Crippen LogP contribution in [0.15, 0.2) is 42.6 Å². The van der Waals surface area contributed by atoms with Crippen LogP contribution in [0.25, 0.3) is 0 Å². The van der Waals surface area contributed by atoms with Gasteiger partial charge in [-0.25, -0.2) is 4.98 Å². The van der Waals surface area contributed by atoms with Crippen molar-refractivity contribution in [2.45, 2.75) is 13.0 Å². The number of pyridine rings is 1. The normalized spacial score (nSPS) is 11.7. The van der Waals surface area contributed by atoms with E-state index in [4.69, 9.17) is 11.6 Å². The van der Waals surface area contributed by atoms with Crippen molar-refractivity contribution in [1.82, 2.24) is 10.3 Å². The Morgan fingerprint density at radius 1 is 1.38 bits per heavy atom. The zero-order valence-corrected chi connectivity index (χ0v) is 11.9. The molecule has 0 saturated heterocycles. The molecule has 2 rings (SSSR count). The van der Waals surface area contributed by atoms with Gasteiger partial charge in [0.2, 0.25) is 0 Å². The number of halogens is 1. The van der Waals surface area contributed by atoms with E-state index in [1.54, 1.807) is 6.92 Å². The molecule has 6 nitrogen and oxygen atoms in total. The van der Waals surface area contributed by atoms with Crippen LogP contribution < -0.4 is 5.32 Å². The van der Waals surface area contributed by atoms with Gasteiger partial charge in [0, 0.05) is 0 Å². The molecule has 0 radical (unpaired) electrons. The highest BCUT2D eigenvalue weighted by Crippen LogP contribution is 2.21. The quantitative estimate of drug-likeness (QED) is 0.534. The summed E-state index contributed by atoms with van der Waals surface area (Å²) in [7, 11) is 0. The van der Waals surface area contributed by atoms with E-state index in [2.05, 4.69) is 10.3 Å². The largest absolute Gasteiger partial charge is 0.345 e. The maximum Gasteiger partial charge on any atom is 0.300 e. The lowest BCUT2D eigenvalue weighted by molar-refractivity contribution is -0.385. The molecule has 1 amide bonds. The number of nitro groups is 1. The van der Waals surface area contributed by atoms with E-state index in [1.165, 1.54) is 6.07 Å². The number of nitrogens with zero attached hydrogens (tertiary/aromatic N) is 2. The Labute approximate surface area is 125 Å². The second-order valence-corrected chi connectivity index (χ2v) is 4.77. The van der Waals surface area contributed by atoms with Crippen LogP contribution in [-0.4, -0.2) is 15.8 Å². The number of hydrogen-bond donors (Lipinski definition) is 1. The number of rotatable bonds is 4. The molecule has 0 fully saturated rings. The van der Waals surface area contributed by atoms with Gasteiger partial charge in [0.15, 0.2) is 0 Å². The highest BCUT2D eigenvalue weighted by Gasteiger charge is 2.22. The molecule has 0 unspecified atom stereocenters. The van der Waals surface area contributed by atoms with Crippen LogP contribution in [0.1, 0.15) is 28.9 Å². The van der Waals surface area contributed by atoms with Gasteiger partial charge >= 0.3 is 0 Å². The lowest BCUT2D eigenvalue weighted by Gasteiger charge is -2.14. The minimum absolute atomic E-state index is 0.0260. The standard InChI is InChI=1S/C14H12ClN3O3/c1-9(10-5-3-2-4-6-10)17-14(19)11-7-13(15)16-8-12(11)18(20)21/h2-9H,1H3,(H,17,19)/t9-/m0/s1. The van der Waals surface area contributed by atoms with Crippen LogP contribution in [0.2, 0.25) is 5.15 Å². The molecule has 0 spiro atoms.